The Bertz CT molecular complexity index is 704. The monoisotopic (exact) mass is 342 g/mol. The second-order valence-corrected chi connectivity index (χ2v) is 5.76. The Morgan fingerprint density at radius 1 is 1.04 bits per heavy atom. The molecule has 0 aromatic heterocycles. The molecule has 0 saturated carbocycles. The first-order valence-corrected chi connectivity index (χ1v) is 8.42. The summed E-state index contributed by atoms with van der Waals surface area (Å²) in [6, 6.07) is 16.1. The molecule has 0 aliphatic carbocycles. The predicted octanol–water partition coefficient (Wildman–Crippen LogP) is 2.92. The number of hydrogen-bond acceptors (Lipinski definition) is 2. The molecule has 25 heavy (non-hydrogen) atoms. The fourth-order valence-electron chi connectivity index (χ4n) is 2.53. The van der Waals surface area contributed by atoms with Crippen molar-refractivity contribution < 1.29 is 14.0 Å². The standard InChI is InChI=1S/C20H23FN2O2/c1-2-23(15-16-8-4-3-5-9-16)20(25)14-19(24)22-13-12-17-10-6-7-11-18(17)21/h3-11H,2,12-15H2,1H3,(H,22,24). The molecule has 132 valence electrons. The van der Waals surface area contributed by atoms with E-state index < -0.39 is 0 Å². The highest BCUT2D eigenvalue weighted by Gasteiger charge is 2.16. The van der Waals surface area contributed by atoms with Crippen LogP contribution in [0.3, 0.4) is 0 Å². The molecule has 0 aliphatic heterocycles. The van der Waals surface area contributed by atoms with Gasteiger partial charge in [0.05, 0.1) is 0 Å². The van der Waals surface area contributed by atoms with E-state index in [0.717, 1.165) is 5.56 Å². The van der Waals surface area contributed by atoms with Gasteiger partial charge in [0.25, 0.3) is 0 Å². The van der Waals surface area contributed by atoms with E-state index in [-0.39, 0.29) is 24.1 Å². The quantitative estimate of drug-likeness (QED) is 0.750. The lowest BCUT2D eigenvalue weighted by Gasteiger charge is -2.20. The average Bonchev–Trinajstić information content (AvgIpc) is 2.62. The highest BCUT2D eigenvalue weighted by atomic mass is 19.1. The fraction of sp³-hybridized carbons (Fsp3) is 0.300. The van der Waals surface area contributed by atoms with Crippen molar-refractivity contribution in [1.82, 2.24) is 10.2 Å². The maximum absolute atomic E-state index is 13.5. The van der Waals surface area contributed by atoms with Gasteiger partial charge in [-0.2, -0.15) is 0 Å². The van der Waals surface area contributed by atoms with Gasteiger partial charge < -0.3 is 10.2 Å². The number of halogens is 1. The molecule has 0 unspecified atom stereocenters. The summed E-state index contributed by atoms with van der Waals surface area (Å²) in [6.45, 7) is 3.21. The van der Waals surface area contributed by atoms with Crippen LogP contribution in [0.15, 0.2) is 54.6 Å². The second kappa shape index (κ2) is 9.57. The minimum Gasteiger partial charge on any atom is -0.355 e. The molecule has 2 amide bonds. The average molecular weight is 342 g/mol. The number of nitrogens with zero attached hydrogens (tertiary/aromatic N) is 1. The van der Waals surface area contributed by atoms with Gasteiger partial charge in [0.2, 0.25) is 11.8 Å². The van der Waals surface area contributed by atoms with Gasteiger partial charge in [0.1, 0.15) is 12.2 Å². The molecule has 0 bridgehead atoms. The summed E-state index contributed by atoms with van der Waals surface area (Å²) in [4.78, 5) is 25.9. The highest BCUT2D eigenvalue weighted by molar-refractivity contribution is 5.96. The Hall–Kier alpha value is -2.69. The van der Waals surface area contributed by atoms with Gasteiger partial charge in [0, 0.05) is 19.6 Å². The van der Waals surface area contributed by atoms with Crippen molar-refractivity contribution in [2.24, 2.45) is 0 Å². The van der Waals surface area contributed by atoms with Crippen LogP contribution >= 0.6 is 0 Å². The highest BCUT2D eigenvalue weighted by Crippen LogP contribution is 2.07. The van der Waals surface area contributed by atoms with Crippen molar-refractivity contribution in [2.75, 3.05) is 13.1 Å². The van der Waals surface area contributed by atoms with Crippen molar-refractivity contribution in [2.45, 2.75) is 26.3 Å². The molecule has 0 atom stereocenters. The zero-order valence-corrected chi connectivity index (χ0v) is 14.4. The van der Waals surface area contributed by atoms with Crippen molar-refractivity contribution in [3.8, 4) is 0 Å². The number of amides is 2. The summed E-state index contributed by atoms with van der Waals surface area (Å²) in [6.07, 6.45) is 0.200. The van der Waals surface area contributed by atoms with E-state index in [1.165, 1.54) is 6.07 Å². The largest absolute Gasteiger partial charge is 0.355 e. The van der Waals surface area contributed by atoms with E-state index in [1.807, 2.05) is 37.3 Å². The molecule has 4 nitrogen and oxygen atoms in total. The van der Waals surface area contributed by atoms with Gasteiger partial charge in [-0.1, -0.05) is 48.5 Å². The molecule has 0 radical (unpaired) electrons. The van der Waals surface area contributed by atoms with Crippen LogP contribution in [0.1, 0.15) is 24.5 Å². The Morgan fingerprint density at radius 2 is 1.72 bits per heavy atom. The lowest BCUT2D eigenvalue weighted by atomic mass is 10.1. The summed E-state index contributed by atoms with van der Waals surface area (Å²) >= 11 is 0. The van der Waals surface area contributed by atoms with Gasteiger partial charge in [-0.15, -0.1) is 0 Å². The number of benzene rings is 2. The smallest absolute Gasteiger partial charge is 0.232 e. The van der Waals surface area contributed by atoms with Crippen molar-refractivity contribution in [3.05, 3.63) is 71.5 Å². The number of carbonyl (C=O) groups excluding carboxylic acids is 2. The third-order valence-electron chi connectivity index (χ3n) is 3.94. The Kier molecular flexibility index (Phi) is 7.14. The van der Waals surface area contributed by atoms with Crippen LogP contribution in [-0.2, 0) is 22.6 Å². The third kappa shape index (κ3) is 6.03. The topological polar surface area (TPSA) is 49.4 Å². The molecule has 2 rings (SSSR count). The molecule has 1 N–H and O–H groups in total. The molecule has 0 fully saturated rings. The molecule has 0 saturated heterocycles. The zero-order valence-electron chi connectivity index (χ0n) is 14.4. The fourth-order valence-corrected chi connectivity index (χ4v) is 2.53. The molecular weight excluding hydrogens is 319 g/mol. The van der Waals surface area contributed by atoms with E-state index in [0.29, 0.717) is 31.6 Å². The van der Waals surface area contributed by atoms with Crippen LogP contribution in [0.5, 0.6) is 0 Å². The maximum Gasteiger partial charge on any atom is 0.232 e. The molecule has 2 aromatic carbocycles. The Labute approximate surface area is 147 Å². The van der Waals surface area contributed by atoms with Gasteiger partial charge in [-0.25, -0.2) is 4.39 Å². The molecule has 0 heterocycles. The SMILES string of the molecule is CCN(Cc1ccccc1)C(=O)CC(=O)NCCc1ccccc1F. The van der Waals surface area contributed by atoms with Crippen molar-refractivity contribution >= 4 is 11.8 Å². The first-order chi connectivity index (χ1) is 12.1. The number of hydrogen-bond donors (Lipinski definition) is 1. The van der Waals surface area contributed by atoms with E-state index in [2.05, 4.69) is 5.32 Å². The lowest BCUT2D eigenvalue weighted by molar-refractivity contribution is -0.136. The zero-order chi connectivity index (χ0) is 18.1. The molecule has 0 spiro atoms. The van der Waals surface area contributed by atoms with Gasteiger partial charge in [-0.05, 0) is 30.5 Å². The Morgan fingerprint density at radius 3 is 2.40 bits per heavy atom. The second-order valence-electron chi connectivity index (χ2n) is 5.76. The first-order valence-electron chi connectivity index (χ1n) is 8.42. The van der Waals surface area contributed by atoms with E-state index in [9.17, 15) is 14.0 Å². The van der Waals surface area contributed by atoms with Gasteiger partial charge in [-0.3, -0.25) is 9.59 Å². The first kappa shape index (κ1) is 18.6. The van der Waals surface area contributed by atoms with E-state index >= 15 is 0 Å². The van der Waals surface area contributed by atoms with Crippen LogP contribution in [0.25, 0.3) is 0 Å². The van der Waals surface area contributed by atoms with Crippen LogP contribution in [-0.4, -0.2) is 29.8 Å². The minimum absolute atomic E-state index is 0.196. The van der Waals surface area contributed by atoms with Gasteiger partial charge >= 0.3 is 0 Å². The summed E-state index contributed by atoms with van der Waals surface area (Å²) in [5.74, 6) is -0.838. The number of nitrogens with one attached hydrogen (secondary N) is 1. The van der Waals surface area contributed by atoms with Crippen molar-refractivity contribution in [1.29, 1.82) is 0 Å². The summed E-state index contributed by atoms with van der Waals surface area (Å²) in [7, 11) is 0. The Balaban J connectivity index is 1.78. The van der Waals surface area contributed by atoms with Crippen LogP contribution < -0.4 is 5.32 Å². The summed E-state index contributed by atoms with van der Waals surface area (Å²) in [5, 5.41) is 2.68. The van der Waals surface area contributed by atoms with Gasteiger partial charge in [0.15, 0.2) is 0 Å². The van der Waals surface area contributed by atoms with E-state index in [4.69, 9.17) is 0 Å². The summed E-state index contributed by atoms with van der Waals surface area (Å²) < 4.78 is 13.5. The summed E-state index contributed by atoms with van der Waals surface area (Å²) in [5.41, 5.74) is 1.58. The van der Waals surface area contributed by atoms with Crippen LogP contribution in [0.2, 0.25) is 0 Å². The maximum atomic E-state index is 13.5. The normalized spacial score (nSPS) is 10.3. The number of rotatable bonds is 8. The third-order valence-corrected chi connectivity index (χ3v) is 3.94. The minimum atomic E-state index is -0.340. The molecule has 5 heteroatoms. The van der Waals surface area contributed by atoms with Crippen molar-refractivity contribution in [3.63, 3.8) is 0 Å². The predicted molar refractivity (Wildman–Crippen MR) is 95.3 cm³/mol. The molecule has 0 aliphatic rings. The number of carbonyl (C=O) groups is 2. The van der Waals surface area contributed by atoms with Crippen LogP contribution in [0, 0.1) is 5.82 Å². The van der Waals surface area contributed by atoms with Crippen LogP contribution in [0.4, 0.5) is 4.39 Å². The molecule has 2 aromatic rings. The van der Waals surface area contributed by atoms with E-state index in [1.54, 1.807) is 23.1 Å². The lowest BCUT2D eigenvalue weighted by Crippen LogP contribution is -2.36. The molecular formula is C20H23FN2O2.